The molecule has 1 saturated carbocycles. The Balaban J connectivity index is 1.81. The van der Waals surface area contributed by atoms with Crippen molar-refractivity contribution >= 4 is 11.9 Å². The molecule has 0 aromatic carbocycles. The van der Waals surface area contributed by atoms with Crippen molar-refractivity contribution in [2.24, 2.45) is 11.8 Å². The summed E-state index contributed by atoms with van der Waals surface area (Å²) in [4.78, 5) is 25.8. The molecule has 3 rings (SSSR count). The van der Waals surface area contributed by atoms with Crippen molar-refractivity contribution in [1.82, 2.24) is 4.90 Å². The molecule has 1 saturated heterocycles. The van der Waals surface area contributed by atoms with Gasteiger partial charge in [-0.1, -0.05) is 25.0 Å². The second kappa shape index (κ2) is 4.99. The average molecular weight is 263 g/mol. The SMILES string of the molecule is O=C(O)[C@@H]1C[C@@H]2CCCC[C@H]2N1C(=O)C1CC=CC1. The molecule has 2 fully saturated rings. The van der Waals surface area contributed by atoms with Gasteiger partial charge in [0.2, 0.25) is 5.91 Å². The number of fused-ring (bicyclic) bond motifs is 1. The lowest BCUT2D eigenvalue weighted by Gasteiger charge is -2.34. The molecule has 104 valence electrons. The van der Waals surface area contributed by atoms with Crippen molar-refractivity contribution in [3.05, 3.63) is 12.2 Å². The zero-order chi connectivity index (χ0) is 13.4. The lowest BCUT2D eigenvalue weighted by Crippen LogP contribution is -2.48. The molecule has 0 aromatic rings. The second-order valence-electron chi connectivity index (χ2n) is 6.09. The molecular formula is C15H21NO3. The summed E-state index contributed by atoms with van der Waals surface area (Å²) in [6.07, 6.45) is 10.7. The summed E-state index contributed by atoms with van der Waals surface area (Å²) in [6, 6.07) is -0.399. The van der Waals surface area contributed by atoms with Gasteiger partial charge in [0, 0.05) is 12.0 Å². The largest absolute Gasteiger partial charge is 0.480 e. The molecule has 1 N–H and O–H groups in total. The van der Waals surface area contributed by atoms with Crippen LogP contribution in [0.1, 0.15) is 44.9 Å². The summed E-state index contributed by atoms with van der Waals surface area (Å²) >= 11 is 0. The second-order valence-corrected chi connectivity index (χ2v) is 6.09. The van der Waals surface area contributed by atoms with Crippen LogP contribution in [0, 0.1) is 11.8 Å². The van der Waals surface area contributed by atoms with Crippen molar-refractivity contribution in [1.29, 1.82) is 0 Å². The Morgan fingerprint density at radius 1 is 1.11 bits per heavy atom. The lowest BCUT2D eigenvalue weighted by atomic mass is 9.84. The van der Waals surface area contributed by atoms with Crippen LogP contribution in [0.2, 0.25) is 0 Å². The number of carbonyl (C=O) groups is 2. The van der Waals surface area contributed by atoms with Crippen molar-refractivity contribution in [3.63, 3.8) is 0 Å². The van der Waals surface area contributed by atoms with Gasteiger partial charge in [0.25, 0.3) is 0 Å². The Morgan fingerprint density at radius 3 is 2.47 bits per heavy atom. The summed E-state index contributed by atoms with van der Waals surface area (Å²) < 4.78 is 0. The molecule has 0 bridgehead atoms. The monoisotopic (exact) mass is 263 g/mol. The smallest absolute Gasteiger partial charge is 0.326 e. The molecule has 0 spiro atoms. The Bertz CT molecular complexity index is 410. The molecule has 1 aliphatic heterocycles. The fourth-order valence-electron chi connectivity index (χ4n) is 4.03. The molecule has 1 amide bonds. The molecule has 19 heavy (non-hydrogen) atoms. The third-order valence-electron chi connectivity index (χ3n) is 4.98. The van der Waals surface area contributed by atoms with Crippen molar-refractivity contribution in [2.45, 2.75) is 57.0 Å². The van der Waals surface area contributed by atoms with Crippen LogP contribution in [-0.4, -0.2) is 34.0 Å². The summed E-state index contributed by atoms with van der Waals surface area (Å²) in [7, 11) is 0. The zero-order valence-corrected chi connectivity index (χ0v) is 11.1. The number of allylic oxidation sites excluding steroid dienone is 2. The Hall–Kier alpha value is -1.32. The summed E-state index contributed by atoms with van der Waals surface area (Å²) in [6.45, 7) is 0. The number of nitrogens with zero attached hydrogens (tertiary/aromatic N) is 1. The van der Waals surface area contributed by atoms with Crippen LogP contribution in [-0.2, 0) is 9.59 Å². The van der Waals surface area contributed by atoms with Crippen LogP contribution >= 0.6 is 0 Å². The molecule has 1 heterocycles. The highest BCUT2D eigenvalue weighted by Gasteiger charge is 2.48. The van der Waals surface area contributed by atoms with Gasteiger partial charge < -0.3 is 10.0 Å². The fraction of sp³-hybridized carbons (Fsp3) is 0.733. The van der Waals surface area contributed by atoms with Gasteiger partial charge in [-0.05, 0) is 38.0 Å². The number of hydrogen-bond acceptors (Lipinski definition) is 2. The van der Waals surface area contributed by atoms with Crippen molar-refractivity contribution in [2.75, 3.05) is 0 Å². The number of hydrogen-bond donors (Lipinski definition) is 1. The number of carbonyl (C=O) groups excluding carboxylic acids is 1. The molecule has 2 aliphatic carbocycles. The van der Waals surface area contributed by atoms with E-state index in [-0.39, 0.29) is 17.9 Å². The van der Waals surface area contributed by atoms with E-state index in [0.717, 1.165) is 32.1 Å². The first-order chi connectivity index (χ1) is 9.18. The topological polar surface area (TPSA) is 57.6 Å². The van der Waals surface area contributed by atoms with E-state index in [0.29, 0.717) is 12.3 Å². The van der Waals surface area contributed by atoms with E-state index in [9.17, 15) is 14.7 Å². The first-order valence-electron chi connectivity index (χ1n) is 7.38. The predicted octanol–water partition coefficient (Wildman–Crippen LogP) is 2.20. The number of amides is 1. The van der Waals surface area contributed by atoms with Gasteiger partial charge in [-0.15, -0.1) is 0 Å². The minimum atomic E-state index is -0.825. The van der Waals surface area contributed by atoms with Gasteiger partial charge in [-0.3, -0.25) is 4.79 Å². The van der Waals surface area contributed by atoms with Gasteiger partial charge in [0.1, 0.15) is 6.04 Å². The van der Waals surface area contributed by atoms with E-state index in [1.54, 1.807) is 4.90 Å². The molecule has 4 nitrogen and oxygen atoms in total. The highest BCUT2D eigenvalue weighted by molar-refractivity contribution is 5.86. The van der Waals surface area contributed by atoms with Gasteiger partial charge >= 0.3 is 5.97 Å². The van der Waals surface area contributed by atoms with Gasteiger partial charge in [-0.2, -0.15) is 0 Å². The Morgan fingerprint density at radius 2 is 1.79 bits per heavy atom. The summed E-state index contributed by atoms with van der Waals surface area (Å²) in [5.41, 5.74) is 0. The van der Waals surface area contributed by atoms with Crippen LogP contribution in [0.3, 0.4) is 0 Å². The number of carboxylic acids is 1. The maximum atomic E-state index is 12.6. The third-order valence-corrected chi connectivity index (χ3v) is 4.98. The van der Waals surface area contributed by atoms with E-state index < -0.39 is 12.0 Å². The van der Waals surface area contributed by atoms with E-state index in [4.69, 9.17) is 0 Å². The van der Waals surface area contributed by atoms with E-state index in [1.807, 2.05) is 12.2 Å². The maximum absolute atomic E-state index is 12.6. The quantitative estimate of drug-likeness (QED) is 0.777. The highest BCUT2D eigenvalue weighted by atomic mass is 16.4. The van der Waals surface area contributed by atoms with Crippen molar-refractivity contribution in [3.8, 4) is 0 Å². The van der Waals surface area contributed by atoms with Crippen LogP contribution < -0.4 is 0 Å². The van der Waals surface area contributed by atoms with Crippen LogP contribution in [0.5, 0.6) is 0 Å². The molecular weight excluding hydrogens is 242 g/mol. The van der Waals surface area contributed by atoms with E-state index in [1.165, 1.54) is 6.42 Å². The van der Waals surface area contributed by atoms with Crippen LogP contribution in [0.15, 0.2) is 12.2 Å². The molecule has 0 aromatic heterocycles. The maximum Gasteiger partial charge on any atom is 0.326 e. The molecule has 0 radical (unpaired) electrons. The lowest BCUT2D eigenvalue weighted by molar-refractivity contribution is -0.151. The third kappa shape index (κ3) is 2.17. The molecule has 4 heteroatoms. The van der Waals surface area contributed by atoms with Crippen molar-refractivity contribution < 1.29 is 14.7 Å². The highest BCUT2D eigenvalue weighted by Crippen LogP contribution is 2.41. The van der Waals surface area contributed by atoms with Crippen LogP contribution in [0.25, 0.3) is 0 Å². The molecule has 3 atom stereocenters. The number of likely N-dealkylation sites (tertiary alicyclic amines) is 1. The van der Waals surface area contributed by atoms with E-state index in [2.05, 4.69) is 0 Å². The Labute approximate surface area is 113 Å². The number of rotatable bonds is 2. The normalized spacial score (nSPS) is 34.5. The number of aliphatic carboxylic acids is 1. The van der Waals surface area contributed by atoms with Crippen LogP contribution in [0.4, 0.5) is 0 Å². The zero-order valence-electron chi connectivity index (χ0n) is 11.1. The fourth-order valence-corrected chi connectivity index (χ4v) is 4.03. The van der Waals surface area contributed by atoms with E-state index >= 15 is 0 Å². The van der Waals surface area contributed by atoms with Gasteiger partial charge in [0.15, 0.2) is 0 Å². The minimum Gasteiger partial charge on any atom is -0.480 e. The standard InChI is InChI=1S/C15H21NO3/c17-14(10-5-1-2-6-10)16-12-8-4-3-7-11(12)9-13(16)15(18)19/h1-2,10-13H,3-9H2,(H,18,19)/t11-,12+,13-/m0/s1. The molecule has 3 aliphatic rings. The predicted molar refractivity (Wildman–Crippen MR) is 70.5 cm³/mol. The Kier molecular flexibility index (Phi) is 3.33. The first-order valence-corrected chi connectivity index (χ1v) is 7.38. The summed E-state index contributed by atoms with van der Waals surface area (Å²) in [5.74, 6) is -0.351. The van der Waals surface area contributed by atoms with Gasteiger partial charge in [0.05, 0.1) is 0 Å². The average Bonchev–Trinajstić information content (AvgIpc) is 3.05. The molecule has 0 unspecified atom stereocenters. The minimum absolute atomic E-state index is 0.0115. The number of carboxylic acid groups (broad SMARTS) is 1. The summed E-state index contributed by atoms with van der Waals surface area (Å²) in [5, 5.41) is 9.41. The first kappa shape index (κ1) is 12.7. The van der Waals surface area contributed by atoms with Gasteiger partial charge in [-0.25, -0.2) is 4.79 Å².